The van der Waals surface area contributed by atoms with Crippen molar-refractivity contribution < 1.29 is 18.0 Å². The number of thiophene rings is 1. The van der Waals surface area contributed by atoms with Crippen LogP contribution in [0.15, 0.2) is 53.4 Å². The first kappa shape index (κ1) is 22.6. The molecule has 2 amide bonds. The van der Waals surface area contributed by atoms with Crippen molar-refractivity contribution in [2.45, 2.75) is 43.4 Å². The summed E-state index contributed by atoms with van der Waals surface area (Å²) < 4.78 is 27.8. The quantitative estimate of drug-likeness (QED) is 0.519. The van der Waals surface area contributed by atoms with E-state index in [-0.39, 0.29) is 4.90 Å². The van der Waals surface area contributed by atoms with E-state index in [0.717, 1.165) is 48.1 Å². The fraction of sp³-hybridized carbons (Fsp3) is 0.280. The van der Waals surface area contributed by atoms with Crippen LogP contribution in [0.25, 0.3) is 0 Å². The first-order valence-corrected chi connectivity index (χ1v) is 13.6. The molecule has 2 aromatic carbocycles. The van der Waals surface area contributed by atoms with Crippen molar-refractivity contribution in [1.29, 1.82) is 0 Å². The maximum Gasteiger partial charge on any atom is 0.264 e. The number of nitrogens with zero attached hydrogens (tertiary/aromatic N) is 1. The van der Waals surface area contributed by atoms with Crippen LogP contribution in [0, 0.1) is 0 Å². The van der Waals surface area contributed by atoms with Crippen LogP contribution in [0.1, 0.15) is 56.0 Å². The van der Waals surface area contributed by atoms with E-state index in [1.54, 1.807) is 6.07 Å². The summed E-state index contributed by atoms with van der Waals surface area (Å²) in [5.41, 5.74) is 9.02. The Kier molecular flexibility index (Phi) is 5.91. The van der Waals surface area contributed by atoms with Crippen molar-refractivity contribution in [3.05, 3.63) is 75.7 Å². The molecule has 5 rings (SSSR count). The molecule has 1 aliphatic carbocycles. The fourth-order valence-electron chi connectivity index (χ4n) is 4.73. The third-order valence-corrected chi connectivity index (χ3v) is 9.48. The number of carbonyl (C=O) groups excluding carboxylic acids is 2. The third kappa shape index (κ3) is 3.99. The summed E-state index contributed by atoms with van der Waals surface area (Å²) in [6, 6.07) is 13.3. The molecule has 0 bridgehead atoms. The van der Waals surface area contributed by atoms with Crippen molar-refractivity contribution in [3.8, 4) is 0 Å². The number of anilines is 2. The molecule has 2 heterocycles. The second kappa shape index (κ2) is 8.88. The highest BCUT2D eigenvalue weighted by Gasteiger charge is 2.31. The highest BCUT2D eigenvalue weighted by Crippen LogP contribution is 2.37. The van der Waals surface area contributed by atoms with Gasteiger partial charge in [-0.25, -0.2) is 8.42 Å². The van der Waals surface area contributed by atoms with E-state index in [4.69, 9.17) is 5.73 Å². The molecule has 3 N–H and O–H groups in total. The highest BCUT2D eigenvalue weighted by atomic mass is 32.2. The second-order valence-corrected chi connectivity index (χ2v) is 11.5. The molecule has 0 atom stereocenters. The molecular weight excluding hydrogens is 470 g/mol. The predicted molar refractivity (Wildman–Crippen MR) is 133 cm³/mol. The Hall–Kier alpha value is -3.17. The van der Waals surface area contributed by atoms with Crippen LogP contribution >= 0.6 is 11.3 Å². The lowest BCUT2D eigenvalue weighted by Crippen LogP contribution is -2.29. The minimum absolute atomic E-state index is 0.126. The number of para-hydroxylation sites is 1. The number of rotatable bonds is 5. The van der Waals surface area contributed by atoms with Crippen LogP contribution in [-0.4, -0.2) is 26.8 Å². The van der Waals surface area contributed by atoms with Gasteiger partial charge >= 0.3 is 0 Å². The fourth-order valence-corrected chi connectivity index (χ4v) is 7.52. The zero-order valence-corrected chi connectivity index (χ0v) is 20.2. The Balaban J connectivity index is 1.38. The van der Waals surface area contributed by atoms with E-state index in [2.05, 4.69) is 5.32 Å². The van der Waals surface area contributed by atoms with Gasteiger partial charge in [-0.2, -0.15) is 0 Å². The minimum atomic E-state index is -3.73. The van der Waals surface area contributed by atoms with E-state index in [9.17, 15) is 18.0 Å². The summed E-state index contributed by atoms with van der Waals surface area (Å²) in [6.45, 7) is 0.392. The molecule has 3 aromatic rings. The first-order valence-electron chi connectivity index (χ1n) is 11.3. The zero-order chi connectivity index (χ0) is 23.9. The van der Waals surface area contributed by atoms with Gasteiger partial charge in [0, 0.05) is 17.0 Å². The van der Waals surface area contributed by atoms with Gasteiger partial charge in [-0.05, 0) is 73.6 Å². The van der Waals surface area contributed by atoms with E-state index < -0.39 is 21.8 Å². The predicted octanol–water partition coefficient (Wildman–Crippen LogP) is 4.12. The lowest BCUT2D eigenvalue weighted by atomic mass is 10.1. The molecule has 0 saturated carbocycles. The van der Waals surface area contributed by atoms with Gasteiger partial charge in [0.15, 0.2) is 0 Å². The molecule has 0 unspecified atom stereocenters. The molecule has 9 heteroatoms. The van der Waals surface area contributed by atoms with E-state index in [1.807, 2.05) is 18.2 Å². The maximum absolute atomic E-state index is 13.2. The average molecular weight is 496 g/mol. The SMILES string of the molecule is NC(=O)c1c(NC(=O)c2ccc(S(=O)(=O)N3CCc4ccccc43)cc2)sc2c1CCCCC2. The van der Waals surface area contributed by atoms with Crippen LogP contribution in [0.5, 0.6) is 0 Å². The molecule has 176 valence electrons. The number of benzene rings is 2. The summed E-state index contributed by atoms with van der Waals surface area (Å²) in [7, 11) is -3.73. The number of aryl methyl sites for hydroxylation is 1. The second-order valence-electron chi connectivity index (χ2n) is 8.57. The summed E-state index contributed by atoms with van der Waals surface area (Å²) in [5.74, 6) is -0.948. The van der Waals surface area contributed by atoms with E-state index in [1.165, 1.54) is 39.9 Å². The molecular formula is C25H25N3O4S2. The smallest absolute Gasteiger partial charge is 0.264 e. The van der Waals surface area contributed by atoms with Gasteiger partial charge in [0.05, 0.1) is 16.1 Å². The number of amides is 2. The number of nitrogens with two attached hydrogens (primary N) is 1. The van der Waals surface area contributed by atoms with Crippen molar-refractivity contribution >= 4 is 43.9 Å². The standard InChI is InChI=1S/C25H25N3O4S2/c26-23(29)22-19-7-2-1-3-9-21(19)33-25(22)27-24(30)17-10-12-18(13-11-17)34(31,32)28-15-14-16-6-4-5-8-20(16)28/h4-6,8,10-13H,1-3,7,9,14-15H2,(H2,26,29)(H,27,30). The number of hydrogen-bond donors (Lipinski definition) is 2. The number of carbonyl (C=O) groups is 2. The molecule has 2 aliphatic rings. The van der Waals surface area contributed by atoms with Gasteiger partial charge in [-0.15, -0.1) is 11.3 Å². The molecule has 0 radical (unpaired) electrons. The Labute approximate surface area is 202 Å². The molecule has 0 spiro atoms. The number of sulfonamides is 1. The van der Waals surface area contributed by atoms with Gasteiger partial charge in [-0.3, -0.25) is 13.9 Å². The summed E-state index contributed by atoms with van der Waals surface area (Å²) in [5, 5.41) is 3.30. The molecule has 7 nitrogen and oxygen atoms in total. The molecule has 1 aliphatic heterocycles. The van der Waals surface area contributed by atoms with Crippen molar-refractivity contribution in [2.75, 3.05) is 16.2 Å². The van der Waals surface area contributed by atoms with Crippen LogP contribution in [0.3, 0.4) is 0 Å². The minimum Gasteiger partial charge on any atom is -0.365 e. The van der Waals surface area contributed by atoms with Crippen LogP contribution in [0.2, 0.25) is 0 Å². The first-order chi connectivity index (χ1) is 16.4. The number of nitrogens with one attached hydrogen (secondary N) is 1. The van der Waals surface area contributed by atoms with Crippen molar-refractivity contribution in [1.82, 2.24) is 0 Å². The summed E-state index contributed by atoms with van der Waals surface area (Å²) in [6.07, 6.45) is 5.49. The van der Waals surface area contributed by atoms with Gasteiger partial charge in [0.1, 0.15) is 5.00 Å². The molecule has 1 aromatic heterocycles. The molecule has 34 heavy (non-hydrogen) atoms. The average Bonchev–Trinajstić information content (AvgIpc) is 3.34. The largest absolute Gasteiger partial charge is 0.365 e. The number of fused-ring (bicyclic) bond motifs is 2. The van der Waals surface area contributed by atoms with Crippen LogP contribution in [0.4, 0.5) is 10.7 Å². The summed E-state index contributed by atoms with van der Waals surface area (Å²) in [4.78, 5) is 26.3. The Bertz CT molecular complexity index is 1380. The molecule has 0 fully saturated rings. The number of hydrogen-bond acceptors (Lipinski definition) is 5. The Morgan fingerprint density at radius 3 is 2.44 bits per heavy atom. The van der Waals surface area contributed by atoms with Crippen molar-refractivity contribution in [3.63, 3.8) is 0 Å². The normalized spacial score (nSPS) is 15.4. The highest BCUT2D eigenvalue weighted by molar-refractivity contribution is 7.92. The zero-order valence-electron chi connectivity index (χ0n) is 18.5. The Morgan fingerprint density at radius 2 is 1.68 bits per heavy atom. The Morgan fingerprint density at radius 1 is 0.941 bits per heavy atom. The lowest BCUT2D eigenvalue weighted by molar-refractivity contribution is 0.100. The van der Waals surface area contributed by atoms with Gasteiger partial charge < -0.3 is 11.1 Å². The van der Waals surface area contributed by atoms with Crippen molar-refractivity contribution in [2.24, 2.45) is 5.73 Å². The monoisotopic (exact) mass is 495 g/mol. The van der Waals surface area contributed by atoms with Crippen LogP contribution < -0.4 is 15.4 Å². The van der Waals surface area contributed by atoms with Gasteiger partial charge in [0.2, 0.25) is 0 Å². The van der Waals surface area contributed by atoms with Gasteiger partial charge in [-0.1, -0.05) is 24.6 Å². The summed E-state index contributed by atoms with van der Waals surface area (Å²) >= 11 is 1.41. The maximum atomic E-state index is 13.2. The van der Waals surface area contributed by atoms with E-state index in [0.29, 0.717) is 34.8 Å². The lowest BCUT2D eigenvalue weighted by Gasteiger charge is -2.19. The van der Waals surface area contributed by atoms with E-state index >= 15 is 0 Å². The number of primary amides is 1. The van der Waals surface area contributed by atoms with Crippen LogP contribution in [-0.2, 0) is 29.3 Å². The topological polar surface area (TPSA) is 110 Å². The molecule has 0 saturated heterocycles. The third-order valence-electron chi connectivity index (χ3n) is 6.44. The van der Waals surface area contributed by atoms with Gasteiger partial charge in [0.25, 0.3) is 21.8 Å².